The van der Waals surface area contributed by atoms with Crippen LogP contribution in [0.15, 0.2) is 24.3 Å². The van der Waals surface area contributed by atoms with Crippen LogP contribution in [0.2, 0.25) is 0 Å². The standard InChI is InChI=1S/C14H21NO2/c1-10-7-11-5-3-4-6-13(11)14(10)15-8-12(16)9-17-2/h3-6,10,12,14-16H,7-9H2,1-2H3/t10-,12+,14-/m0/s1. The molecule has 0 saturated carbocycles. The molecule has 0 bridgehead atoms. The Morgan fingerprint density at radius 1 is 1.47 bits per heavy atom. The molecular formula is C14H21NO2. The molecule has 2 rings (SSSR count). The molecule has 0 aromatic heterocycles. The second kappa shape index (κ2) is 5.63. The molecule has 3 atom stereocenters. The van der Waals surface area contributed by atoms with E-state index < -0.39 is 6.10 Å². The van der Waals surface area contributed by atoms with Gasteiger partial charge in [-0.05, 0) is 23.5 Å². The van der Waals surface area contributed by atoms with Crippen LogP contribution in [0.25, 0.3) is 0 Å². The van der Waals surface area contributed by atoms with Crippen LogP contribution < -0.4 is 5.32 Å². The number of ether oxygens (including phenoxy) is 1. The van der Waals surface area contributed by atoms with Gasteiger partial charge in [-0.2, -0.15) is 0 Å². The van der Waals surface area contributed by atoms with Crippen molar-refractivity contribution in [1.82, 2.24) is 5.32 Å². The maximum absolute atomic E-state index is 9.66. The summed E-state index contributed by atoms with van der Waals surface area (Å²) in [4.78, 5) is 0. The van der Waals surface area contributed by atoms with Crippen molar-refractivity contribution < 1.29 is 9.84 Å². The summed E-state index contributed by atoms with van der Waals surface area (Å²) >= 11 is 0. The van der Waals surface area contributed by atoms with E-state index in [1.54, 1.807) is 7.11 Å². The number of hydrogen-bond donors (Lipinski definition) is 2. The number of benzene rings is 1. The maximum atomic E-state index is 9.66. The Bertz CT molecular complexity index is 367. The van der Waals surface area contributed by atoms with Gasteiger partial charge in [0, 0.05) is 19.7 Å². The van der Waals surface area contributed by atoms with Crippen molar-refractivity contribution in [3.8, 4) is 0 Å². The van der Waals surface area contributed by atoms with Crippen LogP contribution in [0.5, 0.6) is 0 Å². The molecule has 0 saturated heterocycles. The van der Waals surface area contributed by atoms with E-state index in [1.807, 2.05) is 0 Å². The average molecular weight is 235 g/mol. The average Bonchev–Trinajstić information content (AvgIpc) is 2.62. The number of nitrogens with one attached hydrogen (secondary N) is 1. The van der Waals surface area contributed by atoms with Gasteiger partial charge in [0.25, 0.3) is 0 Å². The normalized spacial score (nSPS) is 24.6. The zero-order valence-electron chi connectivity index (χ0n) is 10.5. The van der Waals surface area contributed by atoms with E-state index in [-0.39, 0.29) is 0 Å². The zero-order valence-corrected chi connectivity index (χ0v) is 10.5. The molecule has 0 amide bonds. The van der Waals surface area contributed by atoms with Crippen molar-refractivity contribution in [3.05, 3.63) is 35.4 Å². The minimum absolute atomic E-state index is 0.359. The predicted octanol–water partition coefficient (Wildman–Crippen LogP) is 1.52. The van der Waals surface area contributed by atoms with Gasteiger partial charge < -0.3 is 15.2 Å². The quantitative estimate of drug-likeness (QED) is 0.813. The Morgan fingerprint density at radius 2 is 2.24 bits per heavy atom. The van der Waals surface area contributed by atoms with Crippen molar-refractivity contribution in [2.45, 2.75) is 25.5 Å². The molecule has 1 aromatic carbocycles. The monoisotopic (exact) mass is 235 g/mol. The van der Waals surface area contributed by atoms with Crippen LogP contribution >= 0.6 is 0 Å². The minimum atomic E-state index is -0.431. The van der Waals surface area contributed by atoms with Crippen LogP contribution in [0, 0.1) is 5.92 Å². The Balaban J connectivity index is 1.97. The summed E-state index contributed by atoms with van der Waals surface area (Å²) in [5.41, 5.74) is 2.81. The van der Waals surface area contributed by atoms with Gasteiger partial charge in [0.15, 0.2) is 0 Å². The highest BCUT2D eigenvalue weighted by atomic mass is 16.5. The van der Waals surface area contributed by atoms with E-state index in [4.69, 9.17) is 4.74 Å². The summed E-state index contributed by atoms with van der Waals surface area (Å²) in [5.74, 6) is 0.585. The third kappa shape index (κ3) is 2.86. The molecule has 0 heterocycles. The van der Waals surface area contributed by atoms with Gasteiger partial charge in [0.1, 0.15) is 0 Å². The van der Waals surface area contributed by atoms with Gasteiger partial charge in [0.2, 0.25) is 0 Å². The van der Waals surface area contributed by atoms with E-state index in [0.717, 1.165) is 6.42 Å². The largest absolute Gasteiger partial charge is 0.389 e. The highest BCUT2D eigenvalue weighted by Gasteiger charge is 2.28. The lowest BCUT2D eigenvalue weighted by Gasteiger charge is -2.20. The third-order valence-electron chi connectivity index (χ3n) is 3.43. The van der Waals surface area contributed by atoms with Crippen molar-refractivity contribution in [1.29, 1.82) is 0 Å². The zero-order chi connectivity index (χ0) is 12.3. The van der Waals surface area contributed by atoms with Crippen LogP contribution in [-0.2, 0) is 11.2 Å². The molecule has 94 valence electrons. The van der Waals surface area contributed by atoms with Crippen molar-refractivity contribution in [2.75, 3.05) is 20.3 Å². The van der Waals surface area contributed by atoms with Crippen LogP contribution in [0.1, 0.15) is 24.1 Å². The van der Waals surface area contributed by atoms with Crippen LogP contribution in [0.4, 0.5) is 0 Å². The minimum Gasteiger partial charge on any atom is -0.389 e. The molecule has 1 aromatic rings. The lowest BCUT2D eigenvalue weighted by atomic mass is 10.0. The Morgan fingerprint density at radius 3 is 3.00 bits per heavy atom. The van der Waals surface area contributed by atoms with Gasteiger partial charge in [0.05, 0.1) is 12.7 Å². The lowest BCUT2D eigenvalue weighted by Crippen LogP contribution is -2.34. The van der Waals surface area contributed by atoms with E-state index in [1.165, 1.54) is 11.1 Å². The molecule has 2 N–H and O–H groups in total. The smallest absolute Gasteiger partial charge is 0.0897 e. The third-order valence-corrected chi connectivity index (χ3v) is 3.43. The molecular weight excluding hydrogens is 214 g/mol. The van der Waals surface area contributed by atoms with Gasteiger partial charge in [-0.25, -0.2) is 0 Å². The lowest BCUT2D eigenvalue weighted by molar-refractivity contribution is 0.0617. The van der Waals surface area contributed by atoms with E-state index in [2.05, 4.69) is 36.5 Å². The number of methoxy groups -OCH3 is 1. The molecule has 17 heavy (non-hydrogen) atoms. The second-order valence-electron chi connectivity index (χ2n) is 4.88. The molecule has 0 unspecified atom stereocenters. The van der Waals surface area contributed by atoms with Gasteiger partial charge in [-0.3, -0.25) is 0 Å². The maximum Gasteiger partial charge on any atom is 0.0897 e. The molecule has 1 aliphatic rings. The molecule has 3 nitrogen and oxygen atoms in total. The number of aliphatic hydroxyl groups excluding tert-OH is 1. The number of aliphatic hydroxyl groups is 1. The SMILES string of the molecule is COC[C@H](O)CN[C@@H]1c2ccccc2C[C@@H]1C. The number of hydrogen-bond acceptors (Lipinski definition) is 3. The molecule has 0 radical (unpaired) electrons. The van der Waals surface area contributed by atoms with Crippen LogP contribution in [-0.4, -0.2) is 31.5 Å². The van der Waals surface area contributed by atoms with Gasteiger partial charge in [-0.15, -0.1) is 0 Å². The first kappa shape index (κ1) is 12.6. The summed E-state index contributed by atoms with van der Waals surface area (Å²) in [6.45, 7) is 3.22. The summed E-state index contributed by atoms with van der Waals surface area (Å²) in [6, 6.07) is 8.90. The topological polar surface area (TPSA) is 41.5 Å². The Labute approximate surface area is 103 Å². The number of rotatable bonds is 5. The summed E-state index contributed by atoms with van der Waals surface area (Å²) in [5, 5.41) is 13.1. The van der Waals surface area contributed by atoms with Crippen molar-refractivity contribution >= 4 is 0 Å². The van der Waals surface area contributed by atoms with Crippen molar-refractivity contribution in [2.24, 2.45) is 5.92 Å². The fourth-order valence-corrected chi connectivity index (χ4v) is 2.62. The molecule has 3 heteroatoms. The van der Waals surface area contributed by atoms with Crippen molar-refractivity contribution in [3.63, 3.8) is 0 Å². The summed E-state index contributed by atoms with van der Waals surface area (Å²) < 4.78 is 4.93. The molecule has 0 fully saturated rings. The Hall–Kier alpha value is -0.900. The highest BCUT2D eigenvalue weighted by Crippen LogP contribution is 2.35. The van der Waals surface area contributed by atoms with E-state index >= 15 is 0 Å². The fourth-order valence-electron chi connectivity index (χ4n) is 2.62. The van der Waals surface area contributed by atoms with Gasteiger partial charge in [-0.1, -0.05) is 31.2 Å². The summed E-state index contributed by atoms with van der Waals surface area (Å²) in [7, 11) is 1.61. The predicted molar refractivity (Wildman–Crippen MR) is 67.9 cm³/mol. The number of fused-ring (bicyclic) bond motifs is 1. The molecule has 0 spiro atoms. The first-order valence-corrected chi connectivity index (χ1v) is 6.20. The van der Waals surface area contributed by atoms with E-state index in [0.29, 0.717) is 25.1 Å². The molecule has 1 aliphatic carbocycles. The Kier molecular flexibility index (Phi) is 4.15. The molecule has 0 aliphatic heterocycles. The van der Waals surface area contributed by atoms with Gasteiger partial charge >= 0.3 is 0 Å². The fraction of sp³-hybridized carbons (Fsp3) is 0.571. The van der Waals surface area contributed by atoms with Crippen LogP contribution in [0.3, 0.4) is 0 Å². The first-order chi connectivity index (χ1) is 8.22. The van der Waals surface area contributed by atoms with E-state index in [9.17, 15) is 5.11 Å². The first-order valence-electron chi connectivity index (χ1n) is 6.20. The highest BCUT2D eigenvalue weighted by molar-refractivity contribution is 5.35. The second-order valence-corrected chi connectivity index (χ2v) is 4.88. The summed E-state index contributed by atoms with van der Waals surface area (Å²) in [6.07, 6.45) is 0.689.